The smallest absolute Gasteiger partial charge is 0.235 e. The largest absolute Gasteiger partial charge is 0.392 e. The van der Waals surface area contributed by atoms with E-state index in [2.05, 4.69) is 13.8 Å². The summed E-state index contributed by atoms with van der Waals surface area (Å²) in [6.07, 6.45) is 5.02. The Morgan fingerprint density at radius 3 is 2.47 bits per heavy atom. The van der Waals surface area contributed by atoms with E-state index in [0.29, 0.717) is 10.9 Å². The zero-order chi connectivity index (χ0) is 13.1. The third-order valence-electron chi connectivity index (χ3n) is 3.72. The van der Waals surface area contributed by atoms with Crippen LogP contribution < -0.4 is 5.73 Å². The first-order valence-corrected chi connectivity index (χ1v) is 6.90. The summed E-state index contributed by atoms with van der Waals surface area (Å²) < 4.78 is 0. The van der Waals surface area contributed by atoms with Crippen molar-refractivity contribution in [3.05, 3.63) is 0 Å². The summed E-state index contributed by atoms with van der Waals surface area (Å²) >= 11 is 5.09. The van der Waals surface area contributed by atoms with Gasteiger partial charge in [0.15, 0.2) is 0 Å². The van der Waals surface area contributed by atoms with Crippen molar-refractivity contribution in [3.8, 4) is 0 Å². The topological polar surface area (TPSA) is 46.3 Å². The fourth-order valence-corrected chi connectivity index (χ4v) is 2.93. The predicted octanol–water partition coefficient (Wildman–Crippen LogP) is 2.34. The van der Waals surface area contributed by atoms with E-state index in [1.807, 2.05) is 7.05 Å². The molecule has 1 amide bonds. The normalized spacial score (nSPS) is 27.4. The number of carbonyl (C=O) groups excluding carboxylic acids is 1. The first kappa shape index (κ1) is 14.4. The Morgan fingerprint density at radius 2 is 2.06 bits per heavy atom. The quantitative estimate of drug-likeness (QED) is 0.586. The molecule has 1 aliphatic carbocycles. The summed E-state index contributed by atoms with van der Waals surface area (Å²) in [5.41, 5.74) is 5.24. The van der Waals surface area contributed by atoms with Crippen LogP contribution in [0.25, 0.3) is 0 Å². The Hall–Kier alpha value is -0.640. The number of hydrogen-bond donors (Lipinski definition) is 1. The number of thiocarbonyl (C=S) groups is 1. The molecule has 0 aromatic rings. The number of nitrogens with two attached hydrogens (primary N) is 1. The molecule has 4 heteroatoms. The third kappa shape index (κ3) is 2.97. The molecule has 0 atom stereocenters. The van der Waals surface area contributed by atoms with Crippen LogP contribution in [-0.4, -0.2) is 29.4 Å². The zero-order valence-electron chi connectivity index (χ0n) is 11.2. The monoisotopic (exact) mass is 256 g/mol. The summed E-state index contributed by atoms with van der Waals surface area (Å²) in [5.74, 6) is 0.684. The van der Waals surface area contributed by atoms with Gasteiger partial charge in [-0.3, -0.25) is 4.79 Å². The molecule has 98 valence electrons. The minimum absolute atomic E-state index is 0.124. The number of amides is 1. The number of carbonyl (C=O) groups is 1. The highest BCUT2D eigenvalue weighted by Crippen LogP contribution is 2.46. The van der Waals surface area contributed by atoms with Crippen molar-refractivity contribution in [1.29, 1.82) is 0 Å². The molecule has 0 saturated heterocycles. The molecular formula is C13H24N2OS. The molecule has 3 nitrogen and oxygen atoms in total. The summed E-state index contributed by atoms with van der Waals surface area (Å²) in [4.78, 5) is 14.6. The van der Waals surface area contributed by atoms with E-state index >= 15 is 0 Å². The van der Waals surface area contributed by atoms with Crippen LogP contribution in [0.2, 0.25) is 0 Å². The van der Waals surface area contributed by atoms with Crippen LogP contribution in [0.5, 0.6) is 0 Å². The molecule has 0 radical (unpaired) electrons. The molecule has 1 fully saturated rings. The lowest BCUT2D eigenvalue weighted by molar-refractivity contribution is -0.142. The summed E-state index contributed by atoms with van der Waals surface area (Å²) in [7, 11) is 1.86. The van der Waals surface area contributed by atoms with Gasteiger partial charge in [0.2, 0.25) is 5.91 Å². The van der Waals surface area contributed by atoms with Gasteiger partial charge < -0.3 is 10.6 Å². The average Bonchev–Trinajstić information content (AvgIpc) is 2.23. The Morgan fingerprint density at radius 1 is 1.47 bits per heavy atom. The summed E-state index contributed by atoms with van der Waals surface area (Å²) in [5, 5.41) is 0. The van der Waals surface area contributed by atoms with Gasteiger partial charge in [-0.2, -0.15) is 0 Å². The summed E-state index contributed by atoms with van der Waals surface area (Å²) in [6, 6.07) is 0. The van der Waals surface area contributed by atoms with Crippen LogP contribution in [0, 0.1) is 11.3 Å². The minimum Gasteiger partial charge on any atom is -0.392 e. The van der Waals surface area contributed by atoms with E-state index in [0.717, 1.165) is 32.2 Å². The van der Waals surface area contributed by atoms with Crippen molar-refractivity contribution in [2.24, 2.45) is 17.1 Å². The molecule has 0 aromatic carbocycles. The predicted molar refractivity (Wildman–Crippen MR) is 74.8 cm³/mol. The van der Waals surface area contributed by atoms with Crippen LogP contribution >= 0.6 is 12.2 Å². The van der Waals surface area contributed by atoms with E-state index in [1.165, 1.54) is 6.42 Å². The fraction of sp³-hybridized carbons (Fsp3) is 0.846. The van der Waals surface area contributed by atoms with Crippen molar-refractivity contribution in [3.63, 3.8) is 0 Å². The van der Waals surface area contributed by atoms with Gasteiger partial charge in [0.1, 0.15) is 0 Å². The second kappa shape index (κ2) is 5.80. The van der Waals surface area contributed by atoms with Gasteiger partial charge in [-0.1, -0.05) is 38.9 Å². The van der Waals surface area contributed by atoms with Crippen LogP contribution in [0.3, 0.4) is 0 Å². The van der Waals surface area contributed by atoms with Gasteiger partial charge in [0.25, 0.3) is 0 Å². The molecular weight excluding hydrogens is 232 g/mol. The lowest BCUT2D eigenvalue weighted by Gasteiger charge is -2.46. The van der Waals surface area contributed by atoms with Crippen molar-refractivity contribution < 1.29 is 4.79 Å². The minimum atomic E-state index is -0.532. The maximum absolute atomic E-state index is 12.4. The van der Waals surface area contributed by atoms with Gasteiger partial charge >= 0.3 is 0 Å². The lowest BCUT2D eigenvalue weighted by atomic mass is 9.61. The van der Waals surface area contributed by atoms with Crippen molar-refractivity contribution in [2.45, 2.75) is 46.0 Å². The maximum atomic E-state index is 12.4. The van der Waals surface area contributed by atoms with Gasteiger partial charge in [-0.05, 0) is 25.2 Å². The number of unbranched alkanes of at least 4 members (excludes halogenated alkanes) is 2. The van der Waals surface area contributed by atoms with Crippen LogP contribution in [0.15, 0.2) is 0 Å². The first-order valence-electron chi connectivity index (χ1n) is 6.49. The van der Waals surface area contributed by atoms with Gasteiger partial charge in [-0.25, -0.2) is 0 Å². The van der Waals surface area contributed by atoms with E-state index in [1.54, 1.807) is 4.90 Å². The second-order valence-electron chi connectivity index (χ2n) is 5.39. The Balaban J connectivity index is 2.57. The van der Waals surface area contributed by atoms with Crippen molar-refractivity contribution in [1.82, 2.24) is 4.90 Å². The Labute approximate surface area is 110 Å². The molecule has 1 aliphatic rings. The lowest BCUT2D eigenvalue weighted by Crippen LogP contribution is -2.56. The van der Waals surface area contributed by atoms with E-state index in [4.69, 9.17) is 18.0 Å². The Kier molecular flexibility index (Phi) is 4.92. The SMILES string of the molecule is CCCCCN(C)C(=O)C1(C(N)=S)CC(C)C1. The molecule has 0 aliphatic heterocycles. The van der Waals surface area contributed by atoms with E-state index in [-0.39, 0.29) is 5.91 Å². The molecule has 0 heterocycles. The number of hydrogen-bond acceptors (Lipinski definition) is 2. The van der Waals surface area contributed by atoms with E-state index in [9.17, 15) is 4.79 Å². The van der Waals surface area contributed by atoms with Gasteiger partial charge in [0.05, 0.1) is 10.4 Å². The van der Waals surface area contributed by atoms with Crippen molar-refractivity contribution in [2.75, 3.05) is 13.6 Å². The average molecular weight is 256 g/mol. The first-order chi connectivity index (χ1) is 7.94. The van der Waals surface area contributed by atoms with Crippen molar-refractivity contribution >= 4 is 23.1 Å². The highest BCUT2D eigenvalue weighted by Gasteiger charge is 2.51. The highest BCUT2D eigenvalue weighted by atomic mass is 32.1. The molecule has 0 bridgehead atoms. The summed E-state index contributed by atoms with van der Waals surface area (Å²) in [6.45, 7) is 5.11. The Bertz CT molecular complexity index is 298. The molecule has 1 rings (SSSR count). The van der Waals surface area contributed by atoms with Crippen LogP contribution in [0.4, 0.5) is 0 Å². The molecule has 17 heavy (non-hydrogen) atoms. The number of nitrogens with zero attached hydrogens (tertiary/aromatic N) is 1. The van der Waals surface area contributed by atoms with Crippen LogP contribution in [-0.2, 0) is 4.79 Å². The van der Waals surface area contributed by atoms with Gasteiger partial charge in [0, 0.05) is 13.6 Å². The molecule has 0 aromatic heterocycles. The van der Waals surface area contributed by atoms with Crippen LogP contribution in [0.1, 0.15) is 46.0 Å². The fourth-order valence-electron chi connectivity index (χ4n) is 2.68. The third-order valence-corrected chi connectivity index (χ3v) is 4.11. The zero-order valence-corrected chi connectivity index (χ0v) is 12.0. The number of rotatable bonds is 6. The molecule has 2 N–H and O–H groups in total. The molecule has 0 unspecified atom stereocenters. The maximum Gasteiger partial charge on any atom is 0.235 e. The van der Waals surface area contributed by atoms with E-state index < -0.39 is 5.41 Å². The molecule has 0 spiro atoms. The van der Waals surface area contributed by atoms with Gasteiger partial charge in [-0.15, -0.1) is 0 Å². The highest BCUT2D eigenvalue weighted by molar-refractivity contribution is 7.80. The standard InChI is InChI=1S/C13H24N2OS/c1-4-5-6-7-15(3)12(16)13(11(14)17)8-10(2)9-13/h10H,4-9H2,1-3H3,(H2,14,17). The second-order valence-corrected chi connectivity index (χ2v) is 5.83. The molecule has 1 saturated carbocycles.